The second-order valence-corrected chi connectivity index (χ2v) is 9.11. The van der Waals surface area contributed by atoms with Crippen molar-refractivity contribution in [2.45, 2.75) is 44.7 Å². The third-order valence-electron chi connectivity index (χ3n) is 5.66. The molecule has 0 unspecified atom stereocenters. The van der Waals surface area contributed by atoms with Crippen molar-refractivity contribution in [3.8, 4) is 11.5 Å². The molecule has 3 amide bonds. The fraction of sp³-hybridized carbons (Fsp3) is 0.450. The lowest BCUT2D eigenvalue weighted by molar-refractivity contribution is -0.151. The summed E-state index contributed by atoms with van der Waals surface area (Å²) in [5, 5.41) is 12.9. The molecule has 1 aromatic carbocycles. The lowest BCUT2D eigenvalue weighted by Crippen LogP contribution is -2.58. The lowest BCUT2D eigenvalue weighted by Gasteiger charge is -2.40. The minimum absolute atomic E-state index is 0.0141. The average molecular weight is 529 g/mol. The van der Waals surface area contributed by atoms with Gasteiger partial charge in [0.25, 0.3) is 5.91 Å². The highest BCUT2D eigenvalue weighted by molar-refractivity contribution is 7.80. The van der Waals surface area contributed by atoms with Crippen LogP contribution in [0.1, 0.15) is 43.5 Å². The summed E-state index contributed by atoms with van der Waals surface area (Å²) < 4.78 is 45.3. The molecule has 1 aromatic rings. The Morgan fingerprint density at radius 3 is 2.36 bits per heavy atom. The first kappa shape index (κ1) is 26.8. The lowest BCUT2D eigenvalue weighted by atomic mass is 9.83. The second-order valence-electron chi connectivity index (χ2n) is 8.11. The van der Waals surface area contributed by atoms with Gasteiger partial charge < -0.3 is 24.8 Å². The van der Waals surface area contributed by atoms with E-state index < -0.39 is 51.8 Å². The zero-order valence-corrected chi connectivity index (χ0v) is 19.9. The van der Waals surface area contributed by atoms with E-state index in [1.165, 1.54) is 18.2 Å². The summed E-state index contributed by atoms with van der Waals surface area (Å²) in [6.07, 6.45) is -0.219. The summed E-state index contributed by atoms with van der Waals surface area (Å²) in [6.45, 7) is 1.90. The van der Waals surface area contributed by atoms with Crippen LogP contribution in [0.3, 0.4) is 0 Å². The average Bonchev–Trinajstić information content (AvgIpc) is 3.00. The Bertz CT molecular complexity index is 1220. The van der Waals surface area contributed by atoms with Crippen molar-refractivity contribution in [1.82, 2.24) is 15.3 Å². The van der Waals surface area contributed by atoms with Crippen molar-refractivity contribution in [1.29, 1.82) is 0 Å². The molecule has 0 spiro atoms. The number of ether oxygens (including phenoxy) is 2. The van der Waals surface area contributed by atoms with Crippen LogP contribution in [0.4, 0.5) is 4.79 Å². The van der Waals surface area contributed by atoms with Gasteiger partial charge in [0, 0.05) is 32.5 Å². The molecule has 0 saturated carbocycles. The fourth-order valence-electron chi connectivity index (χ4n) is 4.14. The van der Waals surface area contributed by atoms with Crippen LogP contribution in [0.2, 0.25) is 0 Å². The van der Waals surface area contributed by atoms with E-state index in [-0.39, 0.29) is 49.4 Å². The number of esters is 2. The van der Waals surface area contributed by atoms with Gasteiger partial charge in [0.1, 0.15) is 5.54 Å². The number of carbonyl (C=O) groups excluding carboxylic acids is 4. The Kier molecular flexibility index (Phi) is 7.51. The number of nitrogens with one attached hydrogen (secondary N) is 1. The van der Waals surface area contributed by atoms with Crippen LogP contribution in [0.15, 0.2) is 18.2 Å². The molecule has 0 radical (unpaired) electrons. The number of carboxylic acids is 1. The highest BCUT2D eigenvalue weighted by Crippen LogP contribution is 2.39. The molecule has 16 heteroatoms. The number of rotatable bonds is 9. The van der Waals surface area contributed by atoms with E-state index in [0.717, 1.165) is 18.7 Å². The third-order valence-corrected chi connectivity index (χ3v) is 6.01. The number of carbonyl (C=O) groups is 5. The van der Waals surface area contributed by atoms with Crippen molar-refractivity contribution >= 4 is 40.2 Å². The summed E-state index contributed by atoms with van der Waals surface area (Å²) in [7, 11) is -5.00. The van der Waals surface area contributed by atoms with Gasteiger partial charge in [0.15, 0.2) is 11.5 Å². The maximum Gasteiger partial charge on any atom is 0.418 e. The molecule has 2 heterocycles. The summed E-state index contributed by atoms with van der Waals surface area (Å²) in [5.41, 5.74) is -1.75. The van der Waals surface area contributed by atoms with Crippen LogP contribution >= 0.6 is 0 Å². The van der Waals surface area contributed by atoms with E-state index in [0.29, 0.717) is 5.06 Å². The van der Waals surface area contributed by atoms with Crippen LogP contribution in [0.25, 0.3) is 0 Å². The molecular weight excluding hydrogens is 506 g/mol. The first-order valence-electron chi connectivity index (χ1n) is 10.5. The molecule has 15 nitrogen and oxygen atoms in total. The molecule has 2 bridgehead atoms. The number of aliphatic carboxylic acids is 1. The van der Waals surface area contributed by atoms with Gasteiger partial charge in [-0.2, -0.15) is 13.5 Å². The van der Waals surface area contributed by atoms with Crippen molar-refractivity contribution in [3.05, 3.63) is 23.8 Å². The normalized spacial score (nSPS) is 21.2. The smallest absolute Gasteiger partial charge is 0.418 e. The number of benzene rings is 1. The number of hydroxylamine groups is 2. The molecule has 36 heavy (non-hydrogen) atoms. The second kappa shape index (κ2) is 10.1. The van der Waals surface area contributed by atoms with Gasteiger partial charge in [-0.05, 0) is 37.5 Å². The Hall–Kier alpha value is -3.76. The predicted molar refractivity (Wildman–Crippen MR) is 116 cm³/mol. The maximum absolute atomic E-state index is 12.7. The number of amides is 3. The van der Waals surface area contributed by atoms with Gasteiger partial charge in [-0.25, -0.2) is 9.59 Å². The topological polar surface area (TPSA) is 206 Å². The van der Waals surface area contributed by atoms with Gasteiger partial charge in [-0.1, -0.05) is 0 Å². The quantitative estimate of drug-likeness (QED) is 0.221. The molecule has 2 atom stereocenters. The molecule has 2 fully saturated rings. The Labute approximate surface area is 204 Å². The third kappa shape index (κ3) is 5.72. The van der Waals surface area contributed by atoms with Crippen LogP contribution in [0, 0.1) is 0 Å². The molecule has 196 valence electrons. The standard InChI is InChI=1S/C20H23N3O12S/c1-11(24)33-15-4-3-13(9-16(15)34-12(2)25)17(26)21-8-7-20(18(27)28)6-5-14-10-22(20)19(29)23(14)35-36(30,31)32/h3-4,9,14H,5-8,10H2,1-2H3,(H,21,26)(H,27,28)(H,30,31,32)/t14-,20+/m1/s1. The van der Waals surface area contributed by atoms with Crippen LogP contribution in [0.5, 0.6) is 11.5 Å². The number of fused-ring (bicyclic) bond motifs is 2. The molecule has 0 aromatic heterocycles. The van der Waals surface area contributed by atoms with E-state index in [1.54, 1.807) is 0 Å². The van der Waals surface area contributed by atoms with Gasteiger partial charge in [-0.15, -0.1) is 4.28 Å². The van der Waals surface area contributed by atoms with E-state index in [2.05, 4.69) is 9.60 Å². The highest BCUT2D eigenvalue weighted by atomic mass is 32.3. The molecule has 3 rings (SSSR count). The highest BCUT2D eigenvalue weighted by Gasteiger charge is 2.57. The van der Waals surface area contributed by atoms with Crippen molar-refractivity contribution in [2.75, 3.05) is 13.1 Å². The Morgan fingerprint density at radius 2 is 1.78 bits per heavy atom. The van der Waals surface area contributed by atoms with E-state index in [4.69, 9.17) is 14.0 Å². The Morgan fingerprint density at radius 1 is 1.14 bits per heavy atom. The van der Waals surface area contributed by atoms with E-state index in [1.807, 2.05) is 0 Å². The van der Waals surface area contributed by atoms with Crippen molar-refractivity contribution in [2.24, 2.45) is 0 Å². The number of hydrogen-bond donors (Lipinski definition) is 3. The largest absolute Gasteiger partial charge is 0.479 e. The number of carboxylic acid groups (broad SMARTS) is 1. The summed E-state index contributed by atoms with van der Waals surface area (Å²) in [4.78, 5) is 61.0. The number of hydrogen-bond acceptors (Lipinski definition) is 10. The van der Waals surface area contributed by atoms with E-state index >= 15 is 0 Å². The van der Waals surface area contributed by atoms with Gasteiger partial charge >= 0.3 is 34.3 Å². The first-order valence-corrected chi connectivity index (χ1v) is 11.9. The Balaban J connectivity index is 1.72. The minimum atomic E-state index is -5.00. The predicted octanol–water partition coefficient (Wildman–Crippen LogP) is 0.115. The van der Waals surface area contributed by atoms with Gasteiger partial charge in [0.2, 0.25) is 0 Å². The van der Waals surface area contributed by atoms with Crippen molar-refractivity contribution < 1.29 is 55.8 Å². The van der Waals surface area contributed by atoms with Gasteiger partial charge in [0.05, 0.1) is 6.04 Å². The number of nitrogens with zero attached hydrogens (tertiary/aromatic N) is 2. The summed E-state index contributed by atoms with van der Waals surface area (Å²) in [6, 6.07) is 1.89. The fourth-order valence-corrected chi connectivity index (χ4v) is 4.52. The first-order chi connectivity index (χ1) is 16.7. The molecule has 0 aliphatic carbocycles. The molecule has 2 saturated heterocycles. The minimum Gasteiger partial charge on any atom is -0.479 e. The van der Waals surface area contributed by atoms with Crippen LogP contribution in [-0.4, -0.2) is 82.6 Å². The summed E-state index contributed by atoms with van der Waals surface area (Å²) in [5.74, 6) is -3.68. The number of piperidine rings is 1. The van der Waals surface area contributed by atoms with Gasteiger partial charge in [-0.3, -0.25) is 18.9 Å². The summed E-state index contributed by atoms with van der Waals surface area (Å²) >= 11 is 0. The number of urea groups is 1. The van der Waals surface area contributed by atoms with Crippen LogP contribution in [-0.2, 0) is 29.1 Å². The van der Waals surface area contributed by atoms with Crippen LogP contribution < -0.4 is 14.8 Å². The van der Waals surface area contributed by atoms with Crippen molar-refractivity contribution in [3.63, 3.8) is 0 Å². The molecule has 3 N–H and O–H groups in total. The molecule has 2 aliphatic heterocycles. The van der Waals surface area contributed by atoms with E-state index in [9.17, 15) is 37.5 Å². The SMILES string of the molecule is CC(=O)Oc1ccc(C(=O)NCC[C@]2(C(=O)O)CC[C@@H]3CN2C(=O)N3OS(=O)(=O)O)cc1OC(C)=O. The molecular formula is C20H23N3O12S. The maximum atomic E-state index is 12.7. The monoisotopic (exact) mass is 529 g/mol. The zero-order chi connectivity index (χ0) is 26.8. The molecule has 2 aliphatic rings. The zero-order valence-electron chi connectivity index (χ0n) is 19.1.